The van der Waals surface area contributed by atoms with Crippen molar-refractivity contribution in [3.05, 3.63) is 48.4 Å². The largest absolute Gasteiger partial charge is 0.474 e. The van der Waals surface area contributed by atoms with Gasteiger partial charge < -0.3 is 19.9 Å². The van der Waals surface area contributed by atoms with Gasteiger partial charge in [-0.05, 0) is 43.4 Å². The Morgan fingerprint density at radius 2 is 2.00 bits per heavy atom. The molecule has 0 atom stereocenters. The number of guanidine groups is 1. The molecule has 2 aromatic rings. The summed E-state index contributed by atoms with van der Waals surface area (Å²) < 4.78 is 8.11. The van der Waals surface area contributed by atoms with Gasteiger partial charge in [-0.2, -0.15) is 0 Å². The van der Waals surface area contributed by atoms with Gasteiger partial charge in [-0.3, -0.25) is 4.99 Å². The van der Waals surface area contributed by atoms with Crippen LogP contribution in [0.5, 0.6) is 5.88 Å². The quantitative estimate of drug-likeness (QED) is 0.592. The van der Waals surface area contributed by atoms with Gasteiger partial charge in [0.05, 0.1) is 0 Å². The summed E-state index contributed by atoms with van der Waals surface area (Å²) >= 11 is 0. The second kappa shape index (κ2) is 9.85. The van der Waals surface area contributed by atoms with Crippen LogP contribution in [-0.4, -0.2) is 35.2 Å². The molecule has 2 aromatic heterocycles. The molecule has 140 valence electrons. The van der Waals surface area contributed by atoms with Crippen molar-refractivity contribution in [2.45, 2.75) is 51.3 Å². The average Bonchev–Trinajstić information content (AvgIpc) is 3.20. The molecular formula is C20H29N5O. The van der Waals surface area contributed by atoms with Gasteiger partial charge in [0.15, 0.2) is 5.96 Å². The third-order valence-corrected chi connectivity index (χ3v) is 4.65. The van der Waals surface area contributed by atoms with E-state index < -0.39 is 0 Å². The molecule has 2 heterocycles. The number of nitrogens with zero attached hydrogens (tertiary/aromatic N) is 3. The molecule has 0 amide bonds. The molecule has 0 aliphatic heterocycles. The molecule has 6 heteroatoms. The monoisotopic (exact) mass is 355 g/mol. The van der Waals surface area contributed by atoms with Gasteiger partial charge in [0.25, 0.3) is 0 Å². The van der Waals surface area contributed by atoms with E-state index in [2.05, 4.69) is 43.6 Å². The summed E-state index contributed by atoms with van der Waals surface area (Å²) in [6.45, 7) is 2.41. The molecule has 1 aliphatic rings. The molecule has 0 saturated heterocycles. The Balaban J connectivity index is 1.39. The second-order valence-corrected chi connectivity index (χ2v) is 6.66. The summed E-state index contributed by atoms with van der Waals surface area (Å²) in [5, 5.41) is 6.63. The maximum Gasteiger partial charge on any atom is 0.213 e. The number of rotatable bonds is 7. The van der Waals surface area contributed by atoms with Crippen molar-refractivity contribution < 1.29 is 4.74 Å². The maximum absolute atomic E-state index is 5.98. The van der Waals surface area contributed by atoms with E-state index in [9.17, 15) is 0 Å². The van der Waals surface area contributed by atoms with Gasteiger partial charge in [-0.25, -0.2) is 4.98 Å². The lowest BCUT2D eigenvalue weighted by molar-refractivity contribution is 0.148. The molecule has 0 radical (unpaired) electrons. The lowest BCUT2D eigenvalue weighted by Gasteiger charge is -2.22. The molecule has 0 unspecified atom stereocenters. The number of aliphatic imine (C=N–C) groups is 1. The highest BCUT2D eigenvalue weighted by Gasteiger charge is 2.15. The first kappa shape index (κ1) is 18.3. The van der Waals surface area contributed by atoms with Crippen molar-refractivity contribution in [2.75, 3.05) is 13.6 Å². The van der Waals surface area contributed by atoms with Crippen LogP contribution in [0.2, 0.25) is 0 Å². The van der Waals surface area contributed by atoms with E-state index in [-0.39, 0.29) is 0 Å². The van der Waals surface area contributed by atoms with Crippen LogP contribution in [0, 0.1) is 0 Å². The first-order chi connectivity index (χ1) is 12.8. The standard InChI is InChI=1S/C20H29N5O/c1-21-20(22-11-14-25-12-5-6-13-25)24-16-17-9-10-19(23-15-17)26-18-7-3-2-4-8-18/h5-6,9-10,12-13,15,18H,2-4,7-8,11,14,16H2,1H3,(H2,21,22,24). The number of aromatic nitrogens is 2. The predicted octanol–water partition coefficient (Wildman–Crippen LogP) is 2.96. The highest BCUT2D eigenvalue weighted by Crippen LogP contribution is 2.22. The van der Waals surface area contributed by atoms with E-state index in [1.165, 1.54) is 19.3 Å². The minimum atomic E-state index is 0.337. The lowest BCUT2D eigenvalue weighted by atomic mass is 9.98. The lowest BCUT2D eigenvalue weighted by Crippen LogP contribution is -2.38. The SMILES string of the molecule is CN=C(NCCn1cccc1)NCc1ccc(OC2CCCCC2)nc1. The summed E-state index contributed by atoms with van der Waals surface area (Å²) in [6.07, 6.45) is 12.5. The first-order valence-electron chi connectivity index (χ1n) is 9.50. The normalized spacial score (nSPS) is 15.7. The summed E-state index contributed by atoms with van der Waals surface area (Å²) in [5.41, 5.74) is 1.11. The van der Waals surface area contributed by atoms with Crippen LogP contribution in [0.1, 0.15) is 37.7 Å². The Bertz CT molecular complexity index is 660. The number of pyridine rings is 1. The fourth-order valence-electron chi connectivity index (χ4n) is 3.17. The van der Waals surface area contributed by atoms with Gasteiger partial charge in [-0.1, -0.05) is 12.5 Å². The van der Waals surface area contributed by atoms with Crippen molar-refractivity contribution in [2.24, 2.45) is 4.99 Å². The topological polar surface area (TPSA) is 63.5 Å². The summed E-state index contributed by atoms with van der Waals surface area (Å²) in [4.78, 5) is 8.70. The molecule has 0 bridgehead atoms. The van der Waals surface area contributed by atoms with E-state index in [1.807, 2.05) is 24.4 Å². The van der Waals surface area contributed by atoms with E-state index in [4.69, 9.17) is 4.74 Å². The summed E-state index contributed by atoms with van der Waals surface area (Å²) in [5.74, 6) is 1.52. The van der Waals surface area contributed by atoms with Gasteiger partial charge in [0, 0.05) is 51.3 Å². The van der Waals surface area contributed by atoms with Crippen LogP contribution in [-0.2, 0) is 13.1 Å². The van der Waals surface area contributed by atoms with Crippen molar-refractivity contribution in [3.8, 4) is 5.88 Å². The Morgan fingerprint density at radius 1 is 1.19 bits per heavy atom. The third kappa shape index (κ3) is 5.79. The first-order valence-corrected chi connectivity index (χ1v) is 9.50. The molecule has 1 fully saturated rings. The molecule has 3 rings (SSSR count). The number of nitrogens with one attached hydrogen (secondary N) is 2. The van der Waals surface area contributed by atoms with Gasteiger partial charge >= 0.3 is 0 Å². The van der Waals surface area contributed by atoms with Gasteiger partial charge in [0.2, 0.25) is 5.88 Å². The summed E-state index contributed by atoms with van der Waals surface area (Å²) in [7, 11) is 1.78. The Kier molecular flexibility index (Phi) is 6.93. The van der Waals surface area contributed by atoms with Gasteiger partial charge in [-0.15, -0.1) is 0 Å². The average molecular weight is 355 g/mol. The van der Waals surface area contributed by atoms with Gasteiger partial charge in [0.1, 0.15) is 6.10 Å². The third-order valence-electron chi connectivity index (χ3n) is 4.65. The zero-order chi connectivity index (χ0) is 18.0. The van der Waals surface area contributed by atoms with E-state index >= 15 is 0 Å². The predicted molar refractivity (Wildman–Crippen MR) is 104 cm³/mol. The van der Waals surface area contributed by atoms with E-state index in [0.29, 0.717) is 12.6 Å². The van der Waals surface area contributed by atoms with Crippen LogP contribution in [0.3, 0.4) is 0 Å². The molecule has 0 spiro atoms. The zero-order valence-corrected chi connectivity index (χ0v) is 15.5. The Labute approximate surface area is 155 Å². The number of ether oxygens (including phenoxy) is 1. The van der Waals surface area contributed by atoms with Crippen LogP contribution in [0.15, 0.2) is 47.8 Å². The molecule has 26 heavy (non-hydrogen) atoms. The minimum Gasteiger partial charge on any atom is -0.474 e. The van der Waals surface area contributed by atoms with Crippen LogP contribution >= 0.6 is 0 Å². The van der Waals surface area contributed by atoms with Crippen LogP contribution in [0.4, 0.5) is 0 Å². The number of hydrogen-bond donors (Lipinski definition) is 2. The van der Waals surface area contributed by atoms with Crippen LogP contribution < -0.4 is 15.4 Å². The fraction of sp³-hybridized carbons (Fsp3) is 0.500. The highest BCUT2D eigenvalue weighted by molar-refractivity contribution is 5.79. The second-order valence-electron chi connectivity index (χ2n) is 6.66. The summed E-state index contributed by atoms with van der Waals surface area (Å²) in [6, 6.07) is 8.09. The molecular weight excluding hydrogens is 326 g/mol. The number of hydrogen-bond acceptors (Lipinski definition) is 3. The Morgan fingerprint density at radius 3 is 2.69 bits per heavy atom. The Hall–Kier alpha value is -2.50. The van der Waals surface area contributed by atoms with Crippen molar-refractivity contribution in [3.63, 3.8) is 0 Å². The van der Waals surface area contributed by atoms with E-state index in [1.54, 1.807) is 7.05 Å². The maximum atomic E-state index is 5.98. The minimum absolute atomic E-state index is 0.337. The molecule has 0 aromatic carbocycles. The van der Waals surface area contributed by atoms with Crippen molar-refractivity contribution in [1.29, 1.82) is 0 Å². The molecule has 6 nitrogen and oxygen atoms in total. The fourth-order valence-corrected chi connectivity index (χ4v) is 3.17. The highest BCUT2D eigenvalue weighted by atomic mass is 16.5. The van der Waals surface area contributed by atoms with Crippen LogP contribution in [0.25, 0.3) is 0 Å². The smallest absolute Gasteiger partial charge is 0.213 e. The van der Waals surface area contributed by atoms with Crippen molar-refractivity contribution in [1.82, 2.24) is 20.2 Å². The molecule has 2 N–H and O–H groups in total. The molecule has 1 saturated carbocycles. The van der Waals surface area contributed by atoms with E-state index in [0.717, 1.165) is 43.3 Å². The van der Waals surface area contributed by atoms with Crippen molar-refractivity contribution >= 4 is 5.96 Å². The molecule has 1 aliphatic carbocycles. The zero-order valence-electron chi connectivity index (χ0n) is 15.5.